The smallest absolute Gasteiger partial charge is 0.0850 e. The van der Waals surface area contributed by atoms with Crippen LogP contribution in [0.4, 0.5) is 0 Å². The van der Waals surface area contributed by atoms with Crippen LogP contribution in [0.1, 0.15) is 30.9 Å². The van der Waals surface area contributed by atoms with Crippen LogP contribution in [0.15, 0.2) is 30.9 Å². The molecule has 1 aromatic carbocycles. The predicted octanol–water partition coefficient (Wildman–Crippen LogP) is 4.81. The van der Waals surface area contributed by atoms with Crippen molar-refractivity contribution in [3.05, 3.63) is 46.5 Å². The van der Waals surface area contributed by atoms with Crippen molar-refractivity contribution in [3.8, 4) is 0 Å². The molecule has 0 N–H and O–H groups in total. The SMILES string of the molecule is C=CCCOC1CCOC(c2ccc(Cl)c(Cl)c2)C1. The predicted molar refractivity (Wildman–Crippen MR) is 78.9 cm³/mol. The van der Waals surface area contributed by atoms with E-state index in [1.165, 1.54) is 0 Å². The molecule has 1 aliphatic rings. The second-order valence-electron chi connectivity index (χ2n) is 4.63. The molecule has 0 radical (unpaired) electrons. The van der Waals surface area contributed by atoms with Gasteiger partial charge in [-0.2, -0.15) is 0 Å². The van der Waals surface area contributed by atoms with Gasteiger partial charge in [-0.05, 0) is 30.5 Å². The Morgan fingerprint density at radius 1 is 1.37 bits per heavy atom. The van der Waals surface area contributed by atoms with E-state index in [1.54, 1.807) is 0 Å². The number of ether oxygens (including phenoxy) is 2. The molecule has 0 bridgehead atoms. The molecule has 0 amide bonds. The van der Waals surface area contributed by atoms with Crippen molar-refractivity contribution < 1.29 is 9.47 Å². The molecular weight excluding hydrogens is 283 g/mol. The van der Waals surface area contributed by atoms with Crippen molar-refractivity contribution in [2.45, 2.75) is 31.5 Å². The van der Waals surface area contributed by atoms with Crippen LogP contribution in [0.25, 0.3) is 0 Å². The van der Waals surface area contributed by atoms with Crippen LogP contribution >= 0.6 is 23.2 Å². The maximum absolute atomic E-state index is 6.04. The van der Waals surface area contributed by atoms with Gasteiger partial charge in [0.15, 0.2) is 0 Å². The van der Waals surface area contributed by atoms with Crippen LogP contribution in [0.5, 0.6) is 0 Å². The Bertz CT molecular complexity index is 434. The molecule has 0 aromatic heterocycles. The van der Waals surface area contributed by atoms with E-state index in [0.29, 0.717) is 16.7 Å². The van der Waals surface area contributed by atoms with Crippen molar-refractivity contribution in [1.29, 1.82) is 0 Å². The summed E-state index contributed by atoms with van der Waals surface area (Å²) >= 11 is 12.0. The molecule has 0 aliphatic carbocycles. The average molecular weight is 301 g/mol. The van der Waals surface area contributed by atoms with E-state index in [2.05, 4.69) is 6.58 Å². The second-order valence-corrected chi connectivity index (χ2v) is 5.44. The summed E-state index contributed by atoms with van der Waals surface area (Å²) in [5.41, 5.74) is 1.06. The van der Waals surface area contributed by atoms with Crippen LogP contribution in [-0.2, 0) is 9.47 Å². The molecule has 0 spiro atoms. The zero-order valence-electron chi connectivity index (χ0n) is 10.8. The molecule has 1 fully saturated rings. The molecule has 0 saturated carbocycles. The minimum Gasteiger partial charge on any atom is -0.378 e. The molecule has 2 nitrogen and oxygen atoms in total. The largest absolute Gasteiger partial charge is 0.378 e. The number of hydrogen-bond donors (Lipinski definition) is 0. The number of rotatable bonds is 5. The van der Waals surface area contributed by atoms with E-state index in [4.69, 9.17) is 32.7 Å². The lowest BCUT2D eigenvalue weighted by molar-refractivity contribution is -0.0730. The van der Waals surface area contributed by atoms with Gasteiger partial charge in [0, 0.05) is 13.0 Å². The quantitative estimate of drug-likeness (QED) is 0.574. The number of benzene rings is 1. The van der Waals surface area contributed by atoms with Crippen LogP contribution in [-0.4, -0.2) is 19.3 Å². The molecule has 1 heterocycles. The van der Waals surface area contributed by atoms with E-state index in [-0.39, 0.29) is 12.2 Å². The summed E-state index contributed by atoms with van der Waals surface area (Å²) < 4.78 is 11.6. The molecule has 19 heavy (non-hydrogen) atoms. The second kappa shape index (κ2) is 7.30. The van der Waals surface area contributed by atoms with Gasteiger partial charge in [0.1, 0.15) is 0 Å². The molecule has 1 aliphatic heterocycles. The highest BCUT2D eigenvalue weighted by Crippen LogP contribution is 2.33. The van der Waals surface area contributed by atoms with Gasteiger partial charge in [0.2, 0.25) is 0 Å². The normalized spacial score (nSPS) is 23.3. The first-order chi connectivity index (χ1) is 9.20. The average Bonchev–Trinajstić information content (AvgIpc) is 2.43. The summed E-state index contributed by atoms with van der Waals surface area (Å²) in [6.45, 7) is 5.13. The van der Waals surface area contributed by atoms with Gasteiger partial charge in [-0.1, -0.05) is 35.3 Å². The lowest BCUT2D eigenvalue weighted by Crippen LogP contribution is -2.26. The Labute approximate surface area is 124 Å². The maximum Gasteiger partial charge on any atom is 0.0850 e. The van der Waals surface area contributed by atoms with Crippen LogP contribution in [0.3, 0.4) is 0 Å². The third-order valence-electron chi connectivity index (χ3n) is 3.23. The summed E-state index contributed by atoms with van der Waals surface area (Å²) in [5, 5.41) is 1.14. The monoisotopic (exact) mass is 300 g/mol. The third kappa shape index (κ3) is 4.22. The first-order valence-electron chi connectivity index (χ1n) is 6.49. The minimum atomic E-state index is 0.0391. The van der Waals surface area contributed by atoms with Crippen LogP contribution in [0.2, 0.25) is 10.0 Å². The highest BCUT2D eigenvalue weighted by Gasteiger charge is 2.24. The van der Waals surface area contributed by atoms with Gasteiger partial charge in [-0.15, -0.1) is 6.58 Å². The Hall–Kier alpha value is -0.540. The molecule has 1 aromatic rings. The van der Waals surface area contributed by atoms with Crippen molar-refractivity contribution in [3.63, 3.8) is 0 Å². The maximum atomic E-state index is 6.04. The van der Waals surface area contributed by atoms with Crippen LogP contribution in [0, 0.1) is 0 Å². The Morgan fingerprint density at radius 2 is 2.21 bits per heavy atom. The van der Waals surface area contributed by atoms with Gasteiger partial charge in [0.25, 0.3) is 0 Å². The van der Waals surface area contributed by atoms with Gasteiger partial charge >= 0.3 is 0 Å². The molecular formula is C15H18Cl2O2. The topological polar surface area (TPSA) is 18.5 Å². The third-order valence-corrected chi connectivity index (χ3v) is 3.97. The zero-order valence-corrected chi connectivity index (χ0v) is 12.3. The highest BCUT2D eigenvalue weighted by atomic mass is 35.5. The van der Waals surface area contributed by atoms with Crippen molar-refractivity contribution in [1.82, 2.24) is 0 Å². The first kappa shape index (κ1) is 14.9. The lowest BCUT2D eigenvalue weighted by atomic mass is 9.99. The van der Waals surface area contributed by atoms with E-state index in [1.807, 2.05) is 24.3 Å². The number of halogens is 2. The van der Waals surface area contributed by atoms with E-state index >= 15 is 0 Å². The standard InChI is InChI=1S/C15H18Cl2O2/c1-2-3-7-18-12-6-8-19-15(10-12)11-4-5-13(16)14(17)9-11/h2,4-5,9,12,15H,1,3,6-8,10H2. The fourth-order valence-corrected chi connectivity index (χ4v) is 2.49. The van der Waals surface area contributed by atoms with Crippen molar-refractivity contribution >= 4 is 23.2 Å². The summed E-state index contributed by atoms with van der Waals surface area (Å²) in [6, 6.07) is 5.65. The van der Waals surface area contributed by atoms with Gasteiger partial charge < -0.3 is 9.47 Å². The van der Waals surface area contributed by atoms with Crippen molar-refractivity contribution in [2.24, 2.45) is 0 Å². The summed E-state index contributed by atoms with van der Waals surface area (Å²) in [7, 11) is 0. The fourth-order valence-electron chi connectivity index (χ4n) is 2.18. The molecule has 2 unspecified atom stereocenters. The summed E-state index contributed by atoms with van der Waals surface area (Å²) in [5.74, 6) is 0. The van der Waals surface area contributed by atoms with Gasteiger partial charge in [-0.3, -0.25) is 0 Å². The molecule has 1 saturated heterocycles. The minimum absolute atomic E-state index is 0.0391. The highest BCUT2D eigenvalue weighted by molar-refractivity contribution is 6.42. The molecule has 2 rings (SSSR count). The lowest BCUT2D eigenvalue weighted by Gasteiger charge is -2.30. The Balaban J connectivity index is 1.96. The first-order valence-corrected chi connectivity index (χ1v) is 7.25. The summed E-state index contributed by atoms with van der Waals surface area (Å²) in [4.78, 5) is 0. The van der Waals surface area contributed by atoms with E-state index in [0.717, 1.165) is 31.4 Å². The Kier molecular flexibility index (Phi) is 5.71. The van der Waals surface area contributed by atoms with Crippen molar-refractivity contribution in [2.75, 3.05) is 13.2 Å². The molecule has 104 valence electrons. The zero-order chi connectivity index (χ0) is 13.7. The Morgan fingerprint density at radius 3 is 2.95 bits per heavy atom. The fraction of sp³-hybridized carbons (Fsp3) is 0.467. The molecule has 4 heteroatoms. The van der Waals surface area contributed by atoms with E-state index in [9.17, 15) is 0 Å². The number of hydrogen-bond acceptors (Lipinski definition) is 2. The van der Waals surface area contributed by atoms with Gasteiger partial charge in [0.05, 0.1) is 28.9 Å². The van der Waals surface area contributed by atoms with E-state index < -0.39 is 0 Å². The summed E-state index contributed by atoms with van der Waals surface area (Å²) in [6.07, 6.45) is 4.83. The van der Waals surface area contributed by atoms with Gasteiger partial charge in [-0.25, -0.2) is 0 Å². The van der Waals surface area contributed by atoms with Crippen LogP contribution < -0.4 is 0 Å². The molecule has 2 atom stereocenters.